The summed E-state index contributed by atoms with van der Waals surface area (Å²) in [6, 6.07) is 8.31. The van der Waals surface area contributed by atoms with Crippen LogP contribution in [0.3, 0.4) is 0 Å². The Kier molecular flexibility index (Phi) is 6.43. The number of aliphatic imine (C=N–C) groups is 3. The number of nitrogens with two attached hydrogens (primary N) is 1. The number of benzene rings is 2. The molecule has 0 amide bonds. The Labute approximate surface area is 167 Å². The van der Waals surface area contributed by atoms with Crippen LogP contribution in [-0.2, 0) is 22.7 Å². The molecule has 0 radical (unpaired) electrons. The van der Waals surface area contributed by atoms with Crippen LogP contribution in [0, 0.1) is 6.92 Å². The molecule has 0 fully saturated rings. The Hall–Kier alpha value is -2.71. The molecule has 1 aliphatic rings. The van der Waals surface area contributed by atoms with Crippen LogP contribution in [0.5, 0.6) is 0 Å². The number of thioether (sulfide) groups is 1. The fourth-order valence-electron chi connectivity index (χ4n) is 3.10. The molecule has 3 rings (SSSR count). The van der Waals surface area contributed by atoms with Gasteiger partial charge < -0.3 is 15.6 Å². The predicted octanol–water partition coefficient (Wildman–Crippen LogP) is 3.11. The van der Waals surface area contributed by atoms with E-state index in [2.05, 4.69) is 33.2 Å². The number of hydrogen-bond acceptors (Lipinski definition) is 4. The van der Waals surface area contributed by atoms with Gasteiger partial charge in [-0.25, -0.2) is 4.99 Å². The van der Waals surface area contributed by atoms with Crippen LogP contribution in [0.2, 0.25) is 0 Å². The second-order valence-electron chi connectivity index (χ2n) is 6.33. The molecule has 8 heteroatoms. The van der Waals surface area contributed by atoms with E-state index >= 15 is 0 Å². The van der Waals surface area contributed by atoms with Gasteiger partial charge in [-0.15, -0.1) is 0 Å². The van der Waals surface area contributed by atoms with Crippen LogP contribution < -0.4 is 5.73 Å². The lowest BCUT2D eigenvalue weighted by molar-refractivity contribution is -0.136. The van der Waals surface area contributed by atoms with Crippen molar-refractivity contribution in [2.75, 3.05) is 12.8 Å². The number of aryl methyl sites for hydroxylation is 1. The van der Waals surface area contributed by atoms with Crippen LogP contribution in [-0.4, -0.2) is 41.2 Å². The van der Waals surface area contributed by atoms with Gasteiger partial charge in [-0.05, 0) is 34.4 Å². The predicted molar refractivity (Wildman–Crippen MR) is 114 cm³/mol. The standard InChI is InChI=1S/C20H22N4O3S/c1-12-8-14-11-27-10-13-4-3-5-15(18(13)14)16(12)9-23-20(24-19(21)22-2)28-7-6-17(25)26/h3-5,8-9H,6-7,10-11H2,1-2H3,(H2,21,22)(H,25,26)/b23-9+,24-20+. The molecule has 2 aromatic rings. The van der Waals surface area contributed by atoms with Crippen LogP contribution in [0.25, 0.3) is 10.8 Å². The van der Waals surface area contributed by atoms with Gasteiger partial charge in [0.2, 0.25) is 5.96 Å². The Morgan fingerprint density at radius 3 is 2.89 bits per heavy atom. The molecule has 1 aliphatic heterocycles. The first-order valence-corrected chi connectivity index (χ1v) is 9.79. The third kappa shape index (κ3) is 4.58. The molecule has 1 heterocycles. The van der Waals surface area contributed by atoms with Crippen LogP contribution >= 0.6 is 11.8 Å². The molecule has 0 unspecified atom stereocenters. The van der Waals surface area contributed by atoms with E-state index in [1.54, 1.807) is 13.3 Å². The van der Waals surface area contributed by atoms with Gasteiger partial charge in [-0.2, -0.15) is 4.99 Å². The fourth-order valence-corrected chi connectivity index (χ4v) is 3.84. The smallest absolute Gasteiger partial charge is 0.304 e. The number of amidine groups is 1. The molecule has 0 atom stereocenters. The summed E-state index contributed by atoms with van der Waals surface area (Å²) in [5.74, 6) is -0.418. The molecule has 28 heavy (non-hydrogen) atoms. The van der Waals surface area contributed by atoms with Crippen LogP contribution in [0.15, 0.2) is 39.2 Å². The third-order valence-corrected chi connectivity index (χ3v) is 5.25. The largest absolute Gasteiger partial charge is 0.481 e. The van der Waals surface area contributed by atoms with Gasteiger partial charge >= 0.3 is 5.97 Å². The molecular weight excluding hydrogens is 376 g/mol. The van der Waals surface area contributed by atoms with Gasteiger partial charge in [0.1, 0.15) is 0 Å². The van der Waals surface area contributed by atoms with Crippen molar-refractivity contribution in [3.05, 3.63) is 46.5 Å². The number of ether oxygens (including phenoxy) is 1. The summed E-state index contributed by atoms with van der Waals surface area (Å²) in [5.41, 5.74) is 10.1. The normalized spacial score (nSPS) is 14.8. The summed E-state index contributed by atoms with van der Waals surface area (Å²) >= 11 is 1.24. The summed E-state index contributed by atoms with van der Waals surface area (Å²) in [4.78, 5) is 23.3. The minimum Gasteiger partial charge on any atom is -0.481 e. The maximum atomic E-state index is 10.8. The molecular formula is C20H22N4O3S. The van der Waals surface area contributed by atoms with Crippen molar-refractivity contribution in [1.82, 2.24) is 0 Å². The fraction of sp³-hybridized carbons (Fsp3) is 0.300. The lowest BCUT2D eigenvalue weighted by Gasteiger charge is -2.20. The number of carboxylic acid groups (broad SMARTS) is 1. The van der Waals surface area contributed by atoms with Crippen molar-refractivity contribution in [2.24, 2.45) is 20.7 Å². The average molecular weight is 398 g/mol. The van der Waals surface area contributed by atoms with E-state index in [0.717, 1.165) is 16.5 Å². The summed E-state index contributed by atoms with van der Waals surface area (Å²) in [7, 11) is 1.54. The lowest BCUT2D eigenvalue weighted by Crippen LogP contribution is -2.11. The maximum Gasteiger partial charge on any atom is 0.304 e. The quantitative estimate of drug-likeness (QED) is 0.607. The molecule has 0 aromatic heterocycles. The number of hydrogen-bond donors (Lipinski definition) is 2. The van der Waals surface area contributed by atoms with Gasteiger partial charge in [-0.3, -0.25) is 9.79 Å². The molecule has 0 saturated carbocycles. The summed E-state index contributed by atoms with van der Waals surface area (Å²) in [6.45, 7) is 3.24. The number of guanidine groups is 1. The van der Waals surface area contributed by atoms with E-state index < -0.39 is 5.97 Å². The Morgan fingerprint density at radius 1 is 1.36 bits per heavy atom. The zero-order valence-corrected chi connectivity index (χ0v) is 16.6. The highest BCUT2D eigenvalue weighted by molar-refractivity contribution is 8.13. The minimum absolute atomic E-state index is 0.0163. The average Bonchev–Trinajstić information content (AvgIpc) is 2.67. The topological polar surface area (TPSA) is 110 Å². The second-order valence-corrected chi connectivity index (χ2v) is 7.39. The molecule has 3 N–H and O–H groups in total. The van der Waals surface area contributed by atoms with Crippen molar-refractivity contribution < 1.29 is 14.6 Å². The lowest BCUT2D eigenvalue weighted by atomic mass is 9.92. The highest BCUT2D eigenvalue weighted by atomic mass is 32.2. The SMILES string of the molecule is CN=C(N)/N=C(\N=C\c1c(C)cc2c3c(cccc13)COC2)SCCC(=O)O. The Morgan fingerprint density at radius 2 is 2.14 bits per heavy atom. The van der Waals surface area contributed by atoms with Crippen LogP contribution in [0.1, 0.15) is 28.7 Å². The van der Waals surface area contributed by atoms with Gasteiger partial charge in [-0.1, -0.05) is 36.0 Å². The first-order chi connectivity index (χ1) is 13.5. The van der Waals surface area contributed by atoms with E-state index in [1.165, 1.54) is 28.3 Å². The molecule has 0 saturated heterocycles. The Bertz CT molecular complexity index is 999. The molecule has 2 aromatic carbocycles. The summed E-state index contributed by atoms with van der Waals surface area (Å²) in [6.07, 6.45) is 1.78. The first kappa shape index (κ1) is 20.0. The van der Waals surface area contributed by atoms with E-state index in [0.29, 0.717) is 24.1 Å². The van der Waals surface area contributed by atoms with Crippen LogP contribution in [0.4, 0.5) is 0 Å². The molecule has 7 nitrogen and oxygen atoms in total. The van der Waals surface area contributed by atoms with Crippen molar-refractivity contribution in [1.29, 1.82) is 0 Å². The van der Waals surface area contributed by atoms with Crippen molar-refractivity contribution in [2.45, 2.75) is 26.6 Å². The van der Waals surface area contributed by atoms with E-state index in [9.17, 15) is 4.79 Å². The number of rotatable bonds is 4. The number of nitrogens with zero attached hydrogens (tertiary/aromatic N) is 3. The zero-order chi connectivity index (χ0) is 20.1. The molecule has 146 valence electrons. The van der Waals surface area contributed by atoms with Gasteiger partial charge in [0, 0.05) is 24.6 Å². The highest BCUT2D eigenvalue weighted by Gasteiger charge is 2.16. The van der Waals surface area contributed by atoms with E-state index in [-0.39, 0.29) is 12.4 Å². The highest BCUT2D eigenvalue weighted by Crippen LogP contribution is 2.32. The van der Waals surface area contributed by atoms with Gasteiger partial charge in [0.25, 0.3) is 0 Å². The van der Waals surface area contributed by atoms with E-state index in [4.69, 9.17) is 15.6 Å². The van der Waals surface area contributed by atoms with Crippen molar-refractivity contribution in [3.8, 4) is 0 Å². The first-order valence-electron chi connectivity index (χ1n) is 8.81. The maximum absolute atomic E-state index is 10.8. The minimum atomic E-state index is -0.866. The monoisotopic (exact) mass is 398 g/mol. The molecule has 0 aliphatic carbocycles. The molecule has 0 bridgehead atoms. The van der Waals surface area contributed by atoms with Gasteiger partial charge in [0.05, 0.1) is 19.6 Å². The van der Waals surface area contributed by atoms with Gasteiger partial charge in [0.15, 0.2) is 5.17 Å². The van der Waals surface area contributed by atoms with Crippen molar-refractivity contribution >= 4 is 45.8 Å². The second kappa shape index (κ2) is 8.99. The zero-order valence-electron chi connectivity index (χ0n) is 15.8. The Balaban J connectivity index is 1.98. The van der Waals surface area contributed by atoms with Crippen molar-refractivity contribution in [3.63, 3.8) is 0 Å². The number of carboxylic acids is 1. The third-order valence-electron chi connectivity index (χ3n) is 4.38. The molecule has 0 spiro atoms. The van der Waals surface area contributed by atoms with E-state index in [1.807, 2.05) is 13.0 Å². The summed E-state index contributed by atoms with van der Waals surface area (Å²) in [5, 5.41) is 11.6. The number of aliphatic carboxylic acids is 1. The number of carbonyl (C=O) groups is 1. The summed E-state index contributed by atoms with van der Waals surface area (Å²) < 4.78 is 5.67.